The Kier molecular flexibility index (Phi) is 7.80. The third kappa shape index (κ3) is 5.16. The second-order valence-corrected chi connectivity index (χ2v) is 6.96. The summed E-state index contributed by atoms with van der Waals surface area (Å²) in [5.74, 6) is 0.925. The van der Waals surface area contributed by atoms with Crippen molar-refractivity contribution in [1.29, 1.82) is 0 Å². The van der Waals surface area contributed by atoms with Crippen molar-refractivity contribution >= 4 is 5.91 Å². The fourth-order valence-electron chi connectivity index (χ4n) is 3.98. The number of carbonyl (C=O) groups is 1. The Morgan fingerprint density at radius 1 is 1.22 bits per heavy atom. The fraction of sp³-hybridized carbons (Fsp3) is 0.944. The molecule has 0 bridgehead atoms. The lowest BCUT2D eigenvalue weighted by atomic mass is 10.0. The van der Waals surface area contributed by atoms with Gasteiger partial charge >= 0.3 is 0 Å². The standard InChI is InChI=1S/C18H34N2O3/c1-4-15(5-2)12-19-9-6-17(13-19)20(18(21)14-22-3)16-7-10-23-11-8-16/h15-17H,4-14H2,1-3H3. The van der Waals surface area contributed by atoms with Crippen LogP contribution in [0.5, 0.6) is 0 Å². The molecule has 0 aliphatic carbocycles. The van der Waals surface area contributed by atoms with Gasteiger partial charge in [0.15, 0.2) is 0 Å². The molecule has 134 valence electrons. The zero-order valence-corrected chi connectivity index (χ0v) is 15.1. The van der Waals surface area contributed by atoms with Crippen LogP contribution in [0.2, 0.25) is 0 Å². The summed E-state index contributed by atoms with van der Waals surface area (Å²) in [5.41, 5.74) is 0. The highest BCUT2D eigenvalue weighted by atomic mass is 16.5. The number of rotatable bonds is 8. The highest BCUT2D eigenvalue weighted by molar-refractivity contribution is 5.78. The van der Waals surface area contributed by atoms with E-state index in [0.29, 0.717) is 12.1 Å². The molecule has 1 atom stereocenters. The van der Waals surface area contributed by atoms with Crippen LogP contribution in [0.15, 0.2) is 0 Å². The molecule has 2 heterocycles. The summed E-state index contributed by atoms with van der Waals surface area (Å²) < 4.78 is 10.6. The molecule has 0 aromatic rings. The molecule has 5 heteroatoms. The summed E-state index contributed by atoms with van der Waals surface area (Å²) in [4.78, 5) is 17.3. The number of hydrogen-bond donors (Lipinski definition) is 0. The molecular weight excluding hydrogens is 292 g/mol. The average molecular weight is 326 g/mol. The fourth-order valence-corrected chi connectivity index (χ4v) is 3.98. The molecule has 0 saturated carbocycles. The van der Waals surface area contributed by atoms with Crippen molar-refractivity contribution in [2.75, 3.05) is 46.6 Å². The lowest BCUT2D eigenvalue weighted by Gasteiger charge is -2.38. The van der Waals surface area contributed by atoms with Gasteiger partial charge in [0.2, 0.25) is 5.91 Å². The monoisotopic (exact) mass is 326 g/mol. The molecule has 1 unspecified atom stereocenters. The number of hydrogen-bond acceptors (Lipinski definition) is 4. The molecule has 2 aliphatic heterocycles. The molecule has 2 saturated heterocycles. The topological polar surface area (TPSA) is 42.0 Å². The first-order valence-corrected chi connectivity index (χ1v) is 9.29. The minimum absolute atomic E-state index is 0.147. The molecule has 0 spiro atoms. The van der Waals surface area contributed by atoms with Crippen LogP contribution in [0.25, 0.3) is 0 Å². The van der Waals surface area contributed by atoms with Crippen molar-refractivity contribution in [1.82, 2.24) is 9.80 Å². The maximum atomic E-state index is 12.6. The van der Waals surface area contributed by atoms with E-state index in [2.05, 4.69) is 23.6 Å². The highest BCUT2D eigenvalue weighted by Gasteiger charge is 2.36. The number of likely N-dealkylation sites (tertiary alicyclic amines) is 1. The van der Waals surface area contributed by atoms with E-state index in [1.54, 1.807) is 7.11 Å². The molecule has 5 nitrogen and oxygen atoms in total. The van der Waals surface area contributed by atoms with Gasteiger partial charge in [0.1, 0.15) is 6.61 Å². The Hall–Kier alpha value is -0.650. The van der Waals surface area contributed by atoms with E-state index >= 15 is 0 Å². The number of nitrogens with zero attached hydrogens (tertiary/aromatic N) is 2. The first-order chi connectivity index (χ1) is 11.2. The number of carbonyl (C=O) groups excluding carboxylic acids is 1. The minimum atomic E-state index is 0.147. The van der Waals surface area contributed by atoms with Crippen LogP contribution in [-0.2, 0) is 14.3 Å². The Bertz CT molecular complexity index is 354. The summed E-state index contributed by atoms with van der Waals surface area (Å²) in [6, 6.07) is 0.666. The van der Waals surface area contributed by atoms with Crippen LogP contribution >= 0.6 is 0 Å². The van der Waals surface area contributed by atoms with E-state index in [-0.39, 0.29) is 12.5 Å². The van der Waals surface area contributed by atoms with Crippen molar-refractivity contribution in [3.05, 3.63) is 0 Å². The summed E-state index contributed by atoms with van der Waals surface area (Å²) in [7, 11) is 1.61. The summed E-state index contributed by atoms with van der Waals surface area (Å²) in [6.45, 7) is 9.59. The molecule has 23 heavy (non-hydrogen) atoms. The zero-order chi connectivity index (χ0) is 16.7. The van der Waals surface area contributed by atoms with Gasteiger partial charge in [-0.05, 0) is 25.2 Å². The molecule has 2 aliphatic rings. The molecular formula is C18H34N2O3. The van der Waals surface area contributed by atoms with Gasteiger partial charge in [0, 0.05) is 52.0 Å². The molecule has 0 radical (unpaired) electrons. The molecule has 2 fully saturated rings. The maximum absolute atomic E-state index is 12.6. The van der Waals surface area contributed by atoms with Crippen molar-refractivity contribution in [3.63, 3.8) is 0 Å². The van der Waals surface area contributed by atoms with Crippen LogP contribution in [0.1, 0.15) is 46.0 Å². The molecule has 0 aromatic heterocycles. The van der Waals surface area contributed by atoms with Crippen LogP contribution < -0.4 is 0 Å². The normalized spacial score (nSPS) is 23.6. The quantitative estimate of drug-likeness (QED) is 0.685. The van der Waals surface area contributed by atoms with Gasteiger partial charge in [-0.1, -0.05) is 26.7 Å². The molecule has 0 aromatic carbocycles. The average Bonchev–Trinajstić information content (AvgIpc) is 3.02. The second kappa shape index (κ2) is 9.60. The SMILES string of the molecule is CCC(CC)CN1CCC(N(C(=O)COC)C2CCOCC2)C1. The minimum Gasteiger partial charge on any atom is -0.381 e. The van der Waals surface area contributed by atoms with Gasteiger partial charge in [0.25, 0.3) is 0 Å². The van der Waals surface area contributed by atoms with E-state index in [9.17, 15) is 4.79 Å². The first-order valence-electron chi connectivity index (χ1n) is 9.29. The van der Waals surface area contributed by atoms with E-state index in [1.807, 2.05) is 0 Å². The number of amides is 1. The maximum Gasteiger partial charge on any atom is 0.249 e. The van der Waals surface area contributed by atoms with Crippen molar-refractivity contribution < 1.29 is 14.3 Å². The second-order valence-electron chi connectivity index (χ2n) is 6.96. The van der Waals surface area contributed by atoms with Crippen molar-refractivity contribution in [2.24, 2.45) is 5.92 Å². The zero-order valence-electron chi connectivity index (χ0n) is 15.1. The highest BCUT2D eigenvalue weighted by Crippen LogP contribution is 2.25. The lowest BCUT2D eigenvalue weighted by molar-refractivity contribution is -0.142. The van der Waals surface area contributed by atoms with Gasteiger partial charge in [-0.3, -0.25) is 4.79 Å². The Balaban J connectivity index is 1.97. The third-order valence-corrected chi connectivity index (χ3v) is 5.45. The summed E-state index contributed by atoms with van der Waals surface area (Å²) in [5, 5.41) is 0. The van der Waals surface area contributed by atoms with E-state index in [0.717, 1.165) is 51.5 Å². The summed E-state index contributed by atoms with van der Waals surface area (Å²) in [6.07, 6.45) is 5.48. The molecule has 1 amide bonds. The summed E-state index contributed by atoms with van der Waals surface area (Å²) >= 11 is 0. The van der Waals surface area contributed by atoms with E-state index in [4.69, 9.17) is 9.47 Å². The lowest BCUT2D eigenvalue weighted by Crippen LogP contribution is -2.51. The Labute approximate surface area is 141 Å². The smallest absolute Gasteiger partial charge is 0.249 e. The Morgan fingerprint density at radius 3 is 2.52 bits per heavy atom. The molecule has 0 N–H and O–H groups in total. The van der Waals surface area contributed by atoms with Gasteiger partial charge in [-0.15, -0.1) is 0 Å². The van der Waals surface area contributed by atoms with E-state index in [1.165, 1.54) is 19.4 Å². The van der Waals surface area contributed by atoms with Gasteiger partial charge in [-0.2, -0.15) is 0 Å². The number of methoxy groups -OCH3 is 1. The Morgan fingerprint density at radius 2 is 1.91 bits per heavy atom. The number of ether oxygens (including phenoxy) is 2. The van der Waals surface area contributed by atoms with E-state index < -0.39 is 0 Å². The van der Waals surface area contributed by atoms with Crippen LogP contribution in [0, 0.1) is 5.92 Å². The van der Waals surface area contributed by atoms with Gasteiger partial charge in [0.05, 0.1) is 0 Å². The van der Waals surface area contributed by atoms with Crippen molar-refractivity contribution in [3.8, 4) is 0 Å². The predicted molar refractivity (Wildman–Crippen MR) is 91.5 cm³/mol. The van der Waals surface area contributed by atoms with Crippen LogP contribution in [0.3, 0.4) is 0 Å². The molecule has 2 rings (SSSR count). The van der Waals surface area contributed by atoms with Gasteiger partial charge in [-0.25, -0.2) is 0 Å². The van der Waals surface area contributed by atoms with Gasteiger partial charge < -0.3 is 19.3 Å². The first kappa shape index (κ1) is 18.7. The van der Waals surface area contributed by atoms with Crippen LogP contribution in [0.4, 0.5) is 0 Å². The largest absolute Gasteiger partial charge is 0.381 e. The predicted octanol–water partition coefficient (Wildman–Crippen LogP) is 2.15. The third-order valence-electron chi connectivity index (χ3n) is 5.45. The van der Waals surface area contributed by atoms with Crippen LogP contribution in [-0.4, -0.2) is 74.4 Å². The van der Waals surface area contributed by atoms with Crippen molar-refractivity contribution in [2.45, 2.75) is 58.0 Å².